The van der Waals surface area contributed by atoms with Gasteiger partial charge < -0.3 is 0 Å². The fourth-order valence-electron chi connectivity index (χ4n) is 2.03. The number of nitrogens with zero attached hydrogens (tertiary/aromatic N) is 3. The number of carbonyl (C=O) groups excluding carboxylic acids is 1. The van der Waals surface area contributed by atoms with Crippen LogP contribution in [0.3, 0.4) is 0 Å². The summed E-state index contributed by atoms with van der Waals surface area (Å²) in [6, 6.07) is 7.20. The number of aromatic nitrogens is 3. The highest BCUT2D eigenvalue weighted by Gasteiger charge is 2.31. The normalized spacial score (nSPS) is 11.8. The molecule has 21 heavy (non-hydrogen) atoms. The van der Waals surface area contributed by atoms with Gasteiger partial charge in [0.15, 0.2) is 6.29 Å². The van der Waals surface area contributed by atoms with Crippen molar-refractivity contribution in [2.75, 3.05) is 0 Å². The Morgan fingerprint density at radius 3 is 2.57 bits per heavy atom. The number of fused-ring (bicyclic) bond motifs is 1. The number of carbonyl (C=O) groups is 1. The van der Waals surface area contributed by atoms with E-state index in [9.17, 15) is 18.0 Å². The molecule has 0 aliphatic carbocycles. The van der Waals surface area contributed by atoms with Crippen molar-refractivity contribution in [2.24, 2.45) is 0 Å². The van der Waals surface area contributed by atoms with E-state index in [1.807, 2.05) is 0 Å². The van der Waals surface area contributed by atoms with Gasteiger partial charge in [0.2, 0.25) is 0 Å². The molecule has 0 aliphatic heterocycles. The van der Waals surface area contributed by atoms with Crippen LogP contribution in [0.15, 0.2) is 42.7 Å². The minimum Gasteiger partial charge on any atom is -0.296 e. The second kappa shape index (κ2) is 4.69. The van der Waals surface area contributed by atoms with E-state index in [2.05, 4.69) is 9.97 Å². The summed E-state index contributed by atoms with van der Waals surface area (Å²) in [7, 11) is 0. The van der Waals surface area contributed by atoms with Crippen LogP contribution in [0, 0.1) is 0 Å². The Morgan fingerprint density at radius 2 is 1.95 bits per heavy atom. The first-order valence-corrected chi connectivity index (χ1v) is 5.96. The first-order chi connectivity index (χ1) is 10.0. The van der Waals surface area contributed by atoms with Crippen molar-refractivity contribution in [2.45, 2.75) is 6.18 Å². The number of alkyl halides is 3. The van der Waals surface area contributed by atoms with Crippen LogP contribution in [0.5, 0.6) is 0 Å². The van der Waals surface area contributed by atoms with Crippen LogP contribution in [-0.4, -0.2) is 20.7 Å². The van der Waals surface area contributed by atoms with Gasteiger partial charge in [-0.1, -0.05) is 6.07 Å². The SMILES string of the molecule is O=Cc1c(-c2ccccn2)nc2ccc(C(F)(F)F)cn12. The first kappa shape index (κ1) is 13.3. The van der Waals surface area contributed by atoms with E-state index in [-0.39, 0.29) is 17.0 Å². The number of imidazole rings is 1. The number of hydrogen-bond donors (Lipinski definition) is 0. The van der Waals surface area contributed by atoms with Crippen molar-refractivity contribution in [1.29, 1.82) is 0 Å². The number of hydrogen-bond acceptors (Lipinski definition) is 3. The predicted octanol–water partition coefficient (Wildman–Crippen LogP) is 3.23. The lowest BCUT2D eigenvalue weighted by atomic mass is 10.2. The van der Waals surface area contributed by atoms with Gasteiger partial charge in [-0.2, -0.15) is 13.2 Å². The molecule has 4 nitrogen and oxygen atoms in total. The molecule has 0 amide bonds. The fourth-order valence-corrected chi connectivity index (χ4v) is 2.03. The number of rotatable bonds is 2. The summed E-state index contributed by atoms with van der Waals surface area (Å²) >= 11 is 0. The van der Waals surface area contributed by atoms with Crippen molar-refractivity contribution in [3.8, 4) is 11.4 Å². The minimum atomic E-state index is -4.48. The third-order valence-electron chi connectivity index (χ3n) is 3.00. The van der Waals surface area contributed by atoms with Gasteiger partial charge >= 0.3 is 6.18 Å². The van der Waals surface area contributed by atoms with Crippen molar-refractivity contribution < 1.29 is 18.0 Å². The van der Waals surface area contributed by atoms with E-state index in [1.54, 1.807) is 18.2 Å². The maximum absolute atomic E-state index is 12.7. The summed E-state index contributed by atoms with van der Waals surface area (Å²) in [6.07, 6.45) is -1.62. The minimum absolute atomic E-state index is 0.0369. The van der Waals surface area contributed by atoms with Gasteiger partial charge in [0.05, 0.1) is 11.3 Å². The molecule has 0 spiro atoms. The van der Waals surface area contributed by atoms with E-state index in [0.29, 0.717) is 12.0 Å². The summed E-state index contributed by atoms with van der Waals surface area (Å²) in [6.45, 7) is 0. The van der Waals surface area contributed by atoms with Gasteiger partial charge in [-0.15, -0.1) is 0 Å². The van der Waals surface area contributed by atoms with Gasteiger partial charge in [-0.25, -0.2) is 4.98 Å². The molecule has 0 aromatic carbocycles. The largest absolute Gasteiger partial charge is 0.417 e. The predicted molar refractivity (Wildman–Crippen MR) is 68.8 cm³/mol. The molecule has 3 rings (SSSR count). The summed E-state index contributed by atoms with van der Waals surface area (Å²) in [5, 5.41) is 0. The molecule has 0 N–H and O–H groups in total. The van der Waals surface area contributed by atoms with Crippen molar-refractivity contribution >= 4 is 11.9 Å². The van der Waals surface area contributed by atoms with E-state index in [4.69, 9.17) is 0 Å². The topological polar surface area (TPSA) is 47.3 Å². The van der Waals surface area contributed by atoms with Gasteiger partial charge in [0.1, 0.15) is 17.0 Å². The van der Waals surface area contributed by atoms with Gasteiger partial charge in [-0.3, -0.25) is 14.2 Å². The van der Waals surface area contributed by atoms with E-state index in [1.165, 1.54) is 12.3 Å². The second-order valence-electron chi connectivity index (χ2n) is 4.32. The second-order valence-corrected chi connectivity index (χ2v) is 4.32. The Bertz CT molecular complexity index is 809. The maximum atomic E-state index is 12.7. The molecule has 0 bridgehead atoms. The molecular weight excluding hydrogens is 283 g/mol. The van der Waals surface area contributed by atoms with Gasteiger partial charge in [-0.05, 0) is 24.3 Å². The molecule has 7 heteroatoms. The first-order valence-electron chi connectivity index (χ1n) is 5.96. The molecule has 3 aromatic rings. The molecule has 3 heterocycles. The highest BCUT2D eigenvalue weighted by molar-refractivity contribution is 5.85. The van der Waals surface area contributed by atoms with Crippen molar-refractivity contribution in [3.63, 3.8) is 0 Å². The van der Waals surface area contributed by atoms with Crippen molar-refractivity contribution in [3.05, 3.63) is 54.0 Å². The number of pyridine rings is 2. The highest BCUT2D eigenvalue weighted by atomic mass is 19.4. The molecule has 0 atom stereocenters. The van der Waals surface area contributed by atoms with Crippen LogP contribution >= 0.6 is 0 Å². The summed E-state index contributed by atoms with van der Waals surface area (Å²) < 4.78 is 39.4. The molecule has 3 aromatic heterocycles. The lowest BCUT2D eigenvalue weighted by Gasteiger charge is -2.06. The molecular formula is C14H8F3N3O. The smallest absolute Gasteiger partial charge is 0.296 e. The van der Waals surface area contributed by atoms with Crippen LogP contribution in [-0.2, 0) is 6.18 Å². The molecule has 0 unspecified atom stereocenters. The summed E-state index contributed by atoms with van der Waals surface area (Å²) in [5.41, 5.74) is 0.130. The third-order valence-corrected chi connectivity index (χ3v) is 3.00. The quantitative estimate of drug-likeness (QED) is 0.681. The maximum Gasteiger partial charge on any atom is 0.417 e. The monoisotopic (exact) mass is 291 g/mol. The van der Waals surface area contributed by atoms with Crippen molar-refractivity contribution in [1.82, 2.24) is 14.4 Å². The lowest BCUT2D eigenvalue weighted by molar-refractivity contribution is -0.137. The molecule has 0 saturated heterocycles. The zero-order valence-electron chi connectivity index (χ0n) is 10.5. The van der Waals surface area contributed by atoms with Crippen LogP contribution in [0.2, 0.25) is 0 Å². The summed E-state index contributed by atoms with van der Waals surface area (Å²) in [5.74, 6) is 0. The van der Waals surface area contributed by atoms with Gasteiger partial charge in [0.25, 0.3) is 0 Å². The van der Waals surface area contributed by atoms with E-state index >= 15 is 0 Å². The third kappa shape index (κ3) is 2.26. The average Bonchev–Trinajstić information content (AvgIpc) is 2.84. The van der Waals surface area contributed by atoms with E-state index in [0.717, 1.165) is 16.7 Å². The Balaban J connectivity index is 2.27. The Labute approximate surface area is 116 Å². The molecule has 0 radical (unpaired) electrons. The molecule has 0 saturated carbocycles. The Kier molecular flexibility index (Phi) is 2.97. The highest BCUT2D eigenvalue weighted by Crippen LogP contribution is 2.30. The van der Waals surface area contributed by atoms with Crippen LogP contribution < -0.4 is 0 Å². The van der Waals surface area contributed by atoms with E-state index < -0.39 is 11.7 Å². The summed E-state index contributed by atoms with van der Waals surface area (Å²) in [4.78, 5) is 19.5. The van der Waals surface area contributed by atoms with Gasteiger partial charge in [0, 0.05) is 12.4 Å². The number of halogens is 3. The fraction of sp³-hybridized carbons (Fsp3) is 0.0714. The molecule has 106 valence electrons. The lowest BCUT2D eigenvalue weighted by Crippen LogP contribution is -2.06. The average molecular weight is 291 g/mol. The molecule has 0 fully saturated rings. The van der Waals surface area contributed by atoms with Crippen LogP contribution in [0.4, 0.5) is 13.2 Å². The van der Waals surface area contributed by atoms with Crippen LogP contribution in [0.25, 0.3) is 17.0 Å². The van der Waals surface area contributed by atoms with Crippen LogP contribution in [0.1, 0.15) is 16.1 Å². The number of aldehydes is 1. The standard InChI is InChI=1S/C14H8F3N3O/c15-14(16,17)9-4-5-12-19-13(10-3-1-2-6-18-10)11(8-21)20(12)7-9/h1-8H. The zero-order chi connectivity index (χ0) is 15.0. The Morgan fingerprint density at radius 1 is 1.14 bits per heavy atom. The molecule has 0 aliphatic rings. The zero-order valence-corrected chi connectivity index (χ0v) is 10.5. The Hall–Kier alpha value is -2.70.